The van der Waals surface area contributed by atoms with Crippen molar-refractivity contribution in [2.75, 3.05) is 25.0 Å². The van der Waals surface area contributed by atoms with Gasteiger partial charge in [0.05, 0.1) is 6.10 Å². The molecule has 1 aromatic rings. The lowest BCUT2D eigenvalue weighted by Gasteiger charge is -2.33. The molecule has 0 spiro atoms. The number of hydrogen-bond donors (Lipinski definition) is 2. The number of amides is 1. The average Bonchev–Trinajstić information content (AvgIpc) is 2.53. The molecule has 1 aromatic carbocycles. The summed E-state index contributed by atoms with van der Waals surface area (Å²) in [5.74, 6) is 0.309. The number of nitrogens with zero attached hydrogens (tertiary/aromatic N) is 1. The van der Waals surface area contributed by atoms with E-state index in [1.807, 2.05) is 19.1 Å². The van der Waals surface area contributed by atoms with Crippen molar-refractivity contribution in [1.29, 1.82) is 0 Å². The Morgan fingerprint density at radius 2 is 1.95 bits per heavy atom. The number of anilines is 1. The zero-order chi connectivity index (χ0) is 14.5. The number of nitrogens with one attached hydrogen (secondary N) is 1. The van der Waals surface area contributed by atoms with E-state index in [4.69, 9.17) is 0 Å². The summed E-state index contributed by atoms with van der Waals surface area (Å²) in [4.78, 5) is 13.9. The number of aliphatic hydroxyl groups is 1. The molecule has 0 aliphatic carbocycles. The fourth-order valence-electron chi connectivity index (χ4n) is 2.75. The van der Waals surface area contributed by atoms with Crippen molar-refractivity contribution in [3.63, 3.8) is 0 Å². The van der Waals surface area contributed by atoms with Crippen molar-refractivity contribution in [3.05, 3.63) is 29.8 Å². The number of rotatable bonds is 4. The van der Waals surface area contributed by atoms with Gasteiger partial charge in [0.1, 0.15) is 0 Å². The number of carbonyl (C=O) groups excluding carboxylic acids is 1. The molecular formula is C16H24N2O2. The lowest BCUT2D eigenvalue weighted by molar-refractivity contribution is -0.125. The second-order valence-electron chi connectivity index (χ2n) is 5.39. The van der Waals surface area contributed by atoms with Gasteiger partial charge in [0.15, 0.2) is 0 Å². The molecule has 0 bridgehead atoms. The summed E-state index contributed by atoms with van der Waals surface area (Å²) in [5.41, 5.74) is 2.14. The molecule has 1 aliphatic heterocycles. The van der Waals surface area contributed by atoms with Crippen molar-refractivity contribution >= 4 is 11.6 Å². The van der Waals surface area contributed by atoms with Crippen LogP contribution >= 0.6 is 0 Å². The standard InChI is InChI=1S/C16H24N2O2/c1-3-15(19)12-4-6-14(7-5-12)18-10-8-13(9-11-18)16(20)17-2/h4-7,13,15,19H,3,8-11H2,1-2H3,(H,17,20). The number of aliphatic hydroxyl groups excluding tert-OH is 1. The van der Waals surface area contributed by atoms with E-state index in [1.165, 1.54) is 5.69 Å². The minimum atomic E-state index is -0.372. The van der Waals surface area contributed by atoms with Gasteiger partial charge in [0.25, 0.3) is 0 Å². The summed E-state index contributed by atoms with van der Waals surface area (Å²) >= 11 is 0. The number of carbonyl (C=O) groups is 1. The molecule has 1 heterocycles. The van der Waals surface area contributed by atoms with Crippen LogP contribution in [0.25, 0.3) is 0 Å². The van der Waals surface area contributed by atoms with Gasteiger partial charge in [-0.3, -0.25) is 4.79 Å². The highest BCUT2D eigenvalue weighted by atomic mass is 16.3. The molecule has 4 heteroatoms. The minimum absolute atomic E-state index is 0.150. The third-order valence-corrected chi connectivity index (χ3v) is 4.14. The molecule has 1 fully saturated rings. The van der Waals surface area contributed by atoms with Crippen molar-refractivity contribution in [2.24, 2.45) is 5.92 Å². The molecule has 2 N–H and O–H groups in total. The van der Waals surface area contributed by atoms with Gasteiger partial charge in [-0.05, 0) is 37.0 Å². The lowest BCUT2D eigenvalue weighted by atomic mass is 9.95. The Hall–Kier alpha value is -1.55. The maximum Gasteiger partial charge on any atom is 0.222 e. The van der Waals surface area contributed by atoms with E-state index < -0.39 is 0 Å². The predicted octanol–water partition coefficient (Wildman–Crippen LogP) is 2.09. The smallest absolute Gasteiger partial charge is 0.222 e. The Kier molecular flexibility index (Phi) is 5.01. The number of piperidine rings is 1. The van der Waals surface area contributed by atoms with Gasteiger partial charge in [0, 0.05) is 31.7 Å². The fraction of sp³-hybridized carbons (Fsp3) is 0.562. The van der Waals surface area contributed by atoms with Gasteiger partial charge in [-0.25, -0.2) is 0 Å². The minimum Gasteiger partial charge on any atom is -0.388 e. The maximum absolute atomic E-state index is 11.6. The lowest BCUT2D eigenvalue weighted by Crippen LogP contribution is -2.39. The number of hydrogen-bond acceptors (Lipinski definition) is 3. The van der Waals surface area contributed by atoms with E-state index in [1.54, 1.807) is 7.05 Å². The average molecular weight is 276 g/mol. The highest BCUT2D eigenvalue weighted by Crippen LogP contribution is 2.25. The van der Waals surface area contributed by atoms with Crippen LogP contribution in [0.3, 0.4) is 0 Å². The summed E-state index contributed by atoms with van der Waals surface area (Å²) in [6.45, 7) is 3.80. The molecule has 1 aliphatic rings. The highest BCUT2D eigenvalue weighted by molar-refractivity contribution is 5.78. The van der Waals surface area contributed by atoms with Crippen molar-refractivity contribution < 1.29 is 9.90 Å². The maximum atomic E-state index is 11.6. The van der Waals surface area contributed by atoms with E-state index in [0.717, 1.165) is 37.9 Å². The van der Waals surface area contributed by atoms with Gasteiger partial charge < -0.3 is 15.3 Å². The van der Waals surface area contributed by atoms with E-state index in [9.17, 15) is 9.90 Å². The van der Waals surface area contributed by atoms with Crippen molar-refractivity contribution in [3.8, 4) is 0 Å². The third kappa shape index (κ3) is 3.31. The van der Waals surface area contributed by atoms with Crippen LogP contribution in [0.15, 0.2) is 24.3 Å². The molecule has 4 nitrogen and oxygen atoms in total. The summed E-state index contributed by atoms with van der Waals surface area (Å²) in [7, 11) is 1.70. The second-order valence-corrected chi connectivity index (χ2v) is 5.39. The first-order valence-electron chi connectivity index (χ1n) is 7.40. The van der Waals surface area contributed by atoms with Crippen LogP contribution in [-0.2, 0) is 4.79 Å². The Bertz CT molecular complexity index is 436. The van der Waals surface area contributed by atoms with Crippen molar-refractivity contribution in [2.45, 2.75) is 32.3 Å². The predicted molar refractivity (Wildman–Crippen MR) is 80.7 cm³/mol. The monoisotopic (exact) mass is 276 g/mol. The Morgan fingerprint density at radius 3 is 2.45 bits per heavy atom. The molecule has 1 saturated heterocycles. The Labute approximate surface area is 120 Å². The molecule has 0 aromatic heterocycles. The fourth-order valence-corrected chi connectivity index (χ4v) is 2.75. The molecule has 0 saturated carbocycles. The van der Waals surface area contributed by atoms with Gasteiger partial charge in [-0.2, -0.15) is 0 Å². The van der Waals surface area contributed by atoms with Crippen LogP contribution < -0.4 is 10.2 Å². The van der Waals surface area contributed by atoms with Gasteiger partial charge in [-0.1, -0.05) is 19.1 Å². The summed E-state index contributed by atoms with van der Waals surface area (Å²) in [5, 5.41) is 12.5. The molecule has 1 amide bonds. The SMILES string of the molecule is CCC(O)c1ccc(N2CCC(C(=O)NC)CC2)cc1. The van der Waals surface area contributed by atoms with Crippen LogP contribution in [0, 0.1) is 5.92 Å². The van der Waals surface area contributed by atoms with E-state index in [0.29, 0.717) is 0 Å². The van der Waals surface area contributed by atoms with E-state index >= 15 is 0 Å². The zero-order valence-corrected chi connectivity index (χ0v) is 12.3. The topological polar surface area (TPSA) is 52.6 Å². The molecule has 2 rings (SSSR count). The first-order valence-corrected chi connectivity index (χ1v) is 7.40. The molecule has 1 atom stereocenters. The molecule has 1 unspecified atom stereocenters. The third-order valence-electron chi connectivity index (χ3n) is 4.14. The van der Waals surface area contributed by atoms with E-state index in [2.05, 4.69) is 22.3 Å². The van der Waals surface area contributed by atoms with Gasteiger partial charge in [-0.15, -0.1) is 0 Å². The normalized spacial score (nSPS) is 17.9. The quantitative estimate of drug-likeness (QED) is 0.885. The molecule has 0 radical (unpaired) electrons. The second kappa shape index (κ2) is 6.75. The van der Waals surface area contributed by atoms with Crippen LogP contribution in [0.4, 0.5) is 5.69 Å². The van der Waals surface area contributed by atoms with Crippen LogP contribution in [0.2, 0.25) is 0 Å². The number of benzene rings is 1. The zero-order valence-electron chi connectivity index (χ0n) is 12.3. The summed E-state index contributed by atoms with van der Waals surface area (Å²) in [6, 6.07) is 8.12. The van der Waals surface area contributed by atoms with E-state index in [-0.39, 0.29) is 17.9 Å². The molecule has 20 heavy (non-hydrogen) atoms. The molecular weight excluding hydrogens is 252 g/mol. The highest BCUT2D eigenvalue weighted by Gasteiger charge is 2.24. The van der Waals surface area contributed by atoms with Crippen LogP contribution in [-0.4, -0.2) is 31.2 Å². The van der Waals surface area contributed by atoms with Crippen LogP contribution in [0.5, 0.6) is 0 Å². The van der Waals surface area contributed by atoms with Crippen molar-refractivity contribution in [1.82, 2.24) is 5.32 Å². The van der Waals surface area contributed by atoms with Gasteiger partial charge in [0.2, 0.25) is 5.91 Å². The summed E-state index contributed by atoms with van der Waals surface area (Å²) < 4.78 is 0. The first-order chi connectivity index (χ1) is 9.65. The Balaban J connectivity index is 1.95. The first kappa shape index (κ1) is 14.9. The summed E-state index contributed by atoms with van der Waals surface area (Å²) in [6.07, 6.45) is 2.16. The van der Waals surface area contributed by atoms with Crippen LogP contribution in [0.1, 0.15) is 37.9 Å². The largest absolute Gasteiger partial charge is 0.388 e. The van der Waals surface area contributed by atoms with Gasteiger partial charge >= 0.3 is 0 Å². The Morgan fingerprint density at radius 1 is 1.35 bits per heavy atom. The molecule has 110 valence electrons.